The van der Waals surface area contributed by atoms with Crippen LogP contribution in [0.5, 0.6) is 0 Å². The fraction of sp³-hybridized carbons (Fsp3) is 0.433. The number of rotatable bonds is 11. The number of hydrogen-bond acceptors (Lipinski definition) is 7. The van der Waals surface area contributed by atoms with Crippen molar-refractivity contribution in [3.8, 4) is 0 Å². The number of halogens is 3. The fourth-order valence-corrected chi connectivity index (χ4v) is 4.77. The van der Waals surface area contributed by atoms with E-state index in [9.17, 15) is 19.5 Å². The van der Waals surface area contributed by atoms with Crippen LogP contribution in [0.1, 0.15) is 50.9 Å². The Labute approximate surface area is 248 Å². The highest BCUT2D eigenvalue weighted by Crippen LogP contribution is 2.39. The van der Waals surface area contributed by atoms with Crippen molar-refractivity contribution in [2.45, 2.75) is 50.4 Å². The first-order valence-electron chi connectivity index (χ1n) is 12.8. The van der Waals surface area contributed by atoms with Gasteiger partial charge in [-0.3, -0.25) is 9.59 Å². The first kappa shape index (κ1) is 31.9. The van der Waals surface area contributed by atoms with Gasteiger partial charge in [-0.15, -0.1) is 0 Å². The van der Waals surface area contributed by atoms with Gasteiger partial charge in [0.1, 0.15) is 25.9 Å². The third-order valence-corrected chi connectivity index (χ3v) is 7.14. The van der Waals surface area contributed by atoms with Gasteiger partial charge in [-0.1, -0.05) is 90.3 Å². The van der Waals surface area contributed by atoms with Crippen LogP contribution in [0.3, 0.4) is 0 Å². The molecule has 216 valence electrons. The molecule has 0 radical (unpaired) electrons. The average Bonchev–Trinajstić information content (AvgIpc) is 2.90. The van der Waals surface area contributed by atoms with Gasteiger partial charge >= 0.3 is 17.9 Å². The lowest BCUT2D eigenvalue weighted by Crippen LogP contribution is -2.40. The molecular weight excluding hydrogens is 579 g/mol. The Morgan fingerprint density at radius 2 is 1.35 bits per heavy atom. The highest BCUT2D eigenvalue weighted by molar-refractivity contribution is 6.67. The highest BCUT2D eigenvalue weighted by atomic mass is 35.6. The predicted molar refractivity (Wildman–Crippen MR) is 157 cm³/mol. The summed E-state index contributed by atoms with van der Waals surface area (Å²) in [6.45, 7) is 5.51. The summed E-state index contributed by atoms with van der Waals surface area (Å²) in [6, 6.07) is 17.0. The second-order valence-electron chi connectivity index (χ2n) is 10.7. The molecule has 0 aliphatic rings. The third kappa shape index (κ3) is 8.00. The molecule has 3 aromatic carbocycles. The minimum absolute atomic E-state index is 0.0905. The van der Waals surface area contributed by atoms with Crippen LogP contribution in [0.15, 0.2) is 54.6 Å². The first-order chi connectivity index (χ1) is 18.7. The molecule has 0 aromatic heterocycles. The molecule has 0 aliphatic heterocycles. The summed E-state index contributed by atoms with van der Waals surface area (Å²) >= 11 is 17.0. The quantitative estimate of drug-likeness (QED) is 0.110. The molecule has 0 bridgehead atoms. The minimum Gasteiger partial charge on any atom is -0.462 e. The molecule has 3 rings (SSSR count). The lowest BCUT2D eigenvalue weighted by Gasteiger charge is -2.34. The number of alkyl halides is 3. The molecule has 0 saturated carbocycles. The number of fused-ring (bicyclic) bond motifs is 2. The van der Waals surface area contributed by atoms with Crippen molar-refractivity contribution in [1.29, 1.82) is 0 Å². The molecule has 2 unspecified atom stereocenters. The van der Waals surface area contributed by atoms with Gasteiger partial charge in [0.25, 0.3) is 0 Å². The Hall–Kier alpha value is -2.58. The van der Waals surface area contributed by atoms with Crippen molar-refractivity contribution in [3.05, 3.63) is 60.2 Å². The molecule has 0 saturated heterocycles. The normalized spacial score (nSPS) is 14.4. The SMILES string of the molecule is CCC(C)(CC(C)(C)C(=O)OCC(O)COC(=O)c1c2ccccc2cc2ccccc12)C(=O)OCC(Cl)(Cl)Cl. The van der Waals surface area contributed by atoms with Crippen LogP contribution in [-0.4, -0.2) is 52.7 Å². The van der Waals surface area contributed by atoms with Gasteiger partial charge < -0.3 is 19.3 Å². The summed E-state index contributed by atoms with van der Waals surface area (Å²) in [4.78, 5) is 38.7. The van der Waals surface area contributed by atoms with Crippen molar-refractivity contribution >= 4 is 74.3 Å². The summed E-state index contributed by atoms with van der Waals surface area (Å²) in [7, 11) is 0. The van der Waals surface area contributed by atoms with E-state index in [4.69, 9.17) is 49.0 Å². The second kappa shape index (κ2) is 12.9. The molecule has 0 fully saturated rings. The molecule has 0 spiro atoms. The van der Waals surface area contributed by atoms with E-state index in [1.54, 1.807) is 27.7 Å². The molecule has 0 aliphatic carbocycles. The monoisotopic (exact) mass is 610 g/mol. The first-order valence-corrected chi connectivity index (χ1v) is 14.0. The van der Waals surface area contributed by atoms with E-state index in [1.165, 1.54) is 0 Å². The van der Waals surface area contributed by atoms with Crippen molar-refractivity contribution in [2.75, 3.05) is 19.8 Å². The van der Waals surface area contributed by atoms with Gasteiger partial charge in [-0.25, -0.2) is 4.79 Å². The van der Waals surface area contributed by atoms with Crippen LogP contribution >= 0.6 is 34.8 Å². The largest absolute Gasteiger partial charge is 0.462 e. The maximum atomic E-state index is 13.1. The van der Waals surface area contributed by atoms with Crippen LogP contribution in [0.25, 0.3) is 21.5 Å². The maximum absolute atomic E-state index is 13.1. The Morgan fingerprint density at radius 3 is 1.88 bits per heavy atom. The lowest BCUT2D eigenvalue weighted by atomic mass is 9.72. The lowest BCUT2D eigenvalue weighted by molar-refractivity contribution is -0.165. The molecule has 40 heavy (non-hydrogen) atoms. The Kier molecular flexibility index (Phi) is 10.3. The van der Waals surface area contributed by atoms with Gasteiger partial charge in [-0.2, -0.15) is 0 Å². The average molecular weight is 612 g/mol. The number of aliphatic hydroxyl groups excluding tert-OH is 1. The van der Waals surface area contributed by atoms with Crippen molar-refractivity contribution in [3.63, 3.8) is 0 Å². The Morgan fingerprint density at radius 1 is 0.825 bits per heavy atom. The zero-order valence-electron chi connectivity index (χ0n) is 22.8. The third-order valence-electron chi connectivity index (χ3n) is 6.81. The molecular formula is C30H33Cl3O7. The predicted octanol–water partition coefficient (Wildman–Crippen LogP) is 6.80. The Bertz CT molecular complexity index is 1330. The number of ether oxygens (including phenoxy) is 3. The van der Waals surface area contributed by atoms with Crippen LogP contribution in [0.4, 0.5) is 0 Å². The molecule has 7 nitrogen and oxygen atoms in total. The molecule has 0 amide bonds. The summed E-state index contributed by atoms with van der Waals surface area (Å²) in [5, 5.41) is 13.7. The van der Waals surface area contributed by atoms with E-state index < -0.39 is 51.8 Å². The summed E-state index contributed by atoms with van der Waals surface area (Å²) in [5.74, 6) is -1.83. The summed E-state index contributed by atoms with van der Waals surface area (Å²) in [5.41, 5.74) is -1.75. The zero-order chi connectivity index (χ0) is 29.7. The van der Waals surface area contributed by atoms with Gasteiger partial charge in [0, 0.05) is 0 Å². The van der Waals surface area contributed by atoms with Crippen LogP contribution in [0, 0.1) is 10.8 Å². The van der Waals surface area contributed by atoms with Crippen molar-refractivity contribution in [2.24, 2.45) is 10.8 Å². The summed E-state index contributed by atoms with van der Waals surface area (Å²) < 4.78 is 14.2. The van der Waals surface area contributed by atoms with E-state index in [0.717, 1.165) is 21.5 Å². The maximum Gasteiger partial charge on any atom is 0.339 e. The highest BCUT2D eigenvalue weighted by Gasteiger charge is 2.43. The van der Waals surface area contributed by atoms with Crippen LogP contribution in [-0.2, 0) is 23.8 Å². The number of carbonyl (C=O) groups is 3. The van der Waals surface area contributed by atoms with Gasteiger partial charge in [0.15, 0.2) is 0 Å². The molecule has 2 atom stereocenters. The number of esters is 3. The van der Waals surface area contributed by atoms with Gasteiger partial charge in [0.2, 0.25) is 3.79 Å². The fourth-order valence-electron chi connectivity index (χ4n) is 4.60. The smallest absolute Gasteiger partial charge is 0.339 e. The van der Waals surface area contributed by atoms with Crippen LogP contribution < -0.4 is 0 Å². The van der Waals surface area contributed by atoms with Crippen molar-refractivity contribution in [1.82, 2.24) is 0 Å². The topological polar surface area (TPSA) is 99.1 Å². The van der Waals surface area contributed by atoms with E-state index in [0.29, 0.717) is 12.0 Å². The Balaban J connectivity index is 1.60. The number of benzene rings is 3. The molecule has 3 aromatic rings. The van der Waals surface area contributed by atoms with Crippen molar-refractivity contribution < 1.29 is 33.7 Å². The van der Waals surface area contributed by atoms with Gasteiger partial charge in [-0.05, 0) is 61.2 Å². The standard InChI is InChI=1S/C30H33Cl3O7/c1-5-29(4,27(37)40-18-30(31,32)33)17-28(2,3)26(36)39-16-21(34)15-38-25(35)24-22-12-8-6-10-19(22)14-20-11-7-9-13-23(20)24/h6-14,21,34H,5,15-18H2,1-4H3. The number of hydrogen-bond donors (Lipinski definition) is 1. The van der Waals surface area contributed by atoms with E-state index >= 15 is 0 Å². The molecule has 1 N–H and O–H groups in total. The zero-order valence-corrected chi connectivity index (χ0v) is 25.1. The number of aliphatic hydroxyl groups is 1. The number of carbonyl (C=O) groups excluding carboxylic acids is 3. The molecule has 10 heteroatoms. The second-order valence-corrected chi connectivity index (χ2v) is 13.2. The van der Waals surface area contributed by atoms with E-state index in [2.05, 4.69) is 0 Å². The van der Waals surface area contributed by atoms with E-state index in [1.807, 2.05) is 54.6 Å². The van der Waals surface area contributed by atoms with Crippen LogP contribution in [0.2, 0.25) is 0 Å². The summed E-state index contributed by atoms with van der Waals surface area (Å²) in [6.07, 6.45) is -0.798. The van der Waals surface area contributed by atoms with Gasteiger partial charge in [0.05, 0.1) is 16.4 Å². The molecule has 0 heterocycles. The minimum atomic E-state index is -1.75. The van der Waals surface area contributed by atoms with E-state index in [-0.39, 0.29) is 13.0 Å².